The summed E-state index contributed by atoms with van der Waals surface area (Å²) in [6, 6.07) is 6.68. The second-order valence-corrected chi connectivity index (χ2v) is 4.79. The number of rotatable bonds is 3. The summed E-state index contributed by atoms with van der Waals surface area (Å²) in [5, 5.41) is 0. The third kappa shape index (κ3) is 2.16. The molecule has 0 saturated heterocycles. The van der Waals surface area contributed by atoms with Crippen molar-refractivity contribution in [1.29, 1.82) is 0 Å². The molecule has 0 amide bonds. The van der Waals surface area contributed by atoms with Gasteiger partial charge >= 0.3 is 0 Å². The van der Waals surface area contributed by atoms with Crippen LogP contribution in [0.1, 0.15) is 36.0 Å². The van der Waals surface area contributed by atoms with Crippen LogP contribution in [0.4, 0.5) is 0 Å². The van der Waals surface area contributed by atoms with Gasteiger partial charge in [0.1, 0.15) is 0 Å². The molecule has 0 unspecified atom stereocenters. The Morgan fingerprint density at radius 3 is 2.64 bits per heavy atom. The van der Waals surface area contributed by atoms with Crippen LogP contribution in [0, 0.1) is 13.8 Å². The minimum atomic E-state index is 0.191. The van der Waals surface area contributed by atoms with Crippen LogP contribution in [-0.2, 0) is 6.42 Å². The van der Waals surface area contributed by atoms with Crippen LogP contribution in [0.5, 0.6) is 0 Å². The van der Waals surface area contributed by atoms with Crippen molar-refractivity contribution in [3.05, 3.63) is 34.9 Å². The molecule has 0 heterocycles. The zero-order chi connectivity index (χ0) is 10.2. The summed E-state index contributed by atoms with van der Waals surface area (Å²) in [7, 11) is 0. The molecular weight excluding hydrogens is 170 g/mol. The second-order valence-electron chi connectivity index (χ2n) is 4.79. The van der Waals surface area contributed by atoms with Gasteiger partial charge < -0.3 is 5.73 Å². The number of hydrogen-bond donors (Lipinski definition) is 1. The third-order valence-electron chi connectivity index (χ3n) is 3.29. The summed E-state index contributed by atoms with van der Waals surface area (Å²) in [6.07, 6.45) is 4.73. The molecule has 1 nitrogen and oxygen atoms in total. The van der Waals surface area contributed by atoms with E-state index in [1.807, 2.05) is 0 Å². The van der Waals surface area contributed by atoms with Gasteiger partial charge in [0.05, 0.1) is 0 Å². The Morgan fingerprint density at radius 1 is 1.29 bits per heavy atom. The van der Waals surface area contributed by atoms with Crippen LogP contribution in [0.2, 0.25) is 0 Å². The first-order valence-electron chi connectivity index (χ1n) is 5.44. The molecule has 14 heavy (non-hydrogen) atoms. The first kappa shape index (κ1) is 9.72. The molecule has 1 aliphatic rings. The van der Waals surface area contributed by atoms with E-state index in [1.165, 1.54) is 29.5 Å². The first-order chi connectivity index (χ1) is 6.59. The van der Waals surface area contributed by atoms with E-state index in [4.69, 9.17) is 5.73 Å². The largest absolute Gasteiger partial charge is 0.325 e. The molecule has 0 atom stereocenters. The summed E-state index contributed by atoms with van der Waals surface area (Å²) in [5.41, 5.74) is 10.5. The van der Waals surface area contributed by atoms with Crippen LogP contribution in [0.25, 0.3) is 0 Å². The average Bonchev–Trinajstić information content (AvgIpc) is 2.87. The molecule has 1 aliphatic carbocycles. The van der Waals surface area contributed by atoms with E-state index in [9.17, 15) is 0 Å². The van der Waals surface area contributed by atoms with Gasteiger partial charge in [0, 0.05) is 5.54 Å². The smallest absolute Gasteiger partial charge is 0.0158 e. The average molecular weight is 189 g/mol. The van der Waals surface area contributed by atoms with E-state index in [2.05, 4.69) is 32.0 Å². The summed E-state index contributed by atoms with van der Waals surface area (Å²) < 4.78 is 0. The SMILES string of the molecule is Cc1ccc(C)c(CCC2(N)CC2)c1. The predicted octanol–water partition coefficient (Wildman–Crippen LogP) is 2.73. The number of aryl methyl sites for hydroxylation is 3. The van der Waals surface area contributed by atoms with Crippen molar-refractivity contribution in [3.63, 3.8) is 0 Å². The van der Waals surface area contributed by atoms with E-state index >= 15 is 0 Å². The zero-order valence-electron chi connectivity index (χ0n) is 9.14. The van der Waals surface area contributed by atoms with Crippen LogP contribution in [-0.4, -0.2) is 5.54 Å². The molecular formula is C13H19N. The highest BCUT2D eigenvalue weighted by atomic mass is 14.8. The highest BCUT2D eigenvalue weighted by molar-refractivity contribution is 5.30. The van der Waals surface area contributed by atoms with Gasteiger partial charge in [0.15, 0.2) is 0 Å². The fraction of sp³-hybridized carbons (Fsp3) is 0.538. The Labute approximate surface area is 86.3 Å². The lowest BCUT2D eigenvalue weighted by Crippen LogP contribution is -2.22. The van der Waals surface area contributed by atoms with Gasteiger partial charge in [-0.05, 0) is 50.7 Å². The minimum absolute atomic E-state index is 0.191. The van der Waals surface area contributed by atoms with Gasteiger partial charge in [-0.25, -0.2) is 0 Å². The lowest BCUT2D eigenvalue weighted by Gasteiger charge is -2.10. The maximum atomic E-state index is 6.08. The molecule has 1 aromatic rings. The normalized spacial score (nSPS) is 18.2. The Morgan fingerprint density at radius 2 is 2.00 bits per heavy atom. The molecule has 0 spiro atoms. The fourth-order valence-electron chi connectivity index (χ4n) is 1.86. The van der Waals surface area contributed by atoms with Crippen molar-refractivity contribution >= 4 is 0 Å². The lowest BCUT2D eigenvalue weighted by atomic mass is 9.98. The Bertz CT molecular complexity index is 337. The highest BCUT2D eigenvalue weighted by Gasteiger charge is 2.37. The van der Waals surface area contributed by atoms with E-state index in [1.54, 1.807) is 0 Å². The molecule has 0 aliphatic heterocycles. The van der Waals surface area contributed by atoms with E-state index in [0.29, 0.717) is 0 Å². The first-order valence-corrected chi connectivity index (χ1v) is 5.44. The molecule has 0 radical (unpaired) electrons. The molecule has 76 valence electrons. The van der Waals surface area contributed by atoms with Crippen LogP contribution in [0.15, 0.2) is 18.2 Å². The van der Waals surface area contributed by atoms with Crippen molar-refractivity contribution in [2.45, 2.75) is 45.1 Å². The summed E-state index contributed by atoms with van der Waals surface area (Å²) >= 11 is 0. The monoisotopic (exact) mass is 189 g/mol. The highest BCUT2D eigenvalue weighted by Crippen LogP contribution is 2.36. The second kappa shape index (κ2) is 3.39. The van der Waals surface area contributed by atoms with Gasteiger partial charge in [-0.1, -0.05) is 23.8 Å². The van der Waals surface area contributed by atoms with Gasteiger partial charge in [-0.3, -0.25) is 0 Å². The summed E-state index contributed by atoms with van der Waals surface area (Å²) in [4.78, 5) is 0. The van der Waals surface area contributed by atoms with Crippen molar-refractivity contribution in [2.75, 3.05) is 0 Å². The van der Waals surface area contributed by atoms with E-state index < -0.39 is 0 Å². The predicted molar refractivity (Wildman–Crippen MR) is 60.4 cm³/mol. The number of nitrogens with two attached hydrogens (primary N) is 1. The van der Waals surface area contributed by atoms with Gasteiger partial charge in [0.2, 0.25) is 0 Å². The molecule has 1 heteroatoms. The van der Waals surface area contributed by atoms with Gasteiger partial charge in [0.25, 0.3) is 0 Å². The topological polar surface area (TPSA) is 26.0 Å². The molecule has 1 aromatic carbocycles. The van der Waals surface area contributed by atoms with Gasteiger partial charge in [-0.2, -0.15) is 0 Å². The van der Waals surface area contributed by atoms with Crippen molar-refractivity contribution < 1.29 is 0 Å². The van der Waals surface area contributed by atoms with Crippen molar-refractivity contribution in [3.8, 4) is 0 Å². The lowest BCUT2D eigenvalue weighted by molar-refractivity contribution is 0.608. The summed E-state index contributed by atoms with van der Waals surface area (Å²) in [6.45, 7) is 4.34. The fourth-order valence-corrected chi connectivity index (χ4v) is 1.86. The minimum Gasteiger partial charge on any atom is -0.325 e. The maximum absolute atomic E-state index is 6.08. The standard InChI is InChI=1S/C13H19N/c1-10-3-4-11(2)12(9-10)5-6-13(14)7-8-13/h3-4,9H,5-8,14H2,1-2H3. The van der Waals surface area contributed by atoms with Crippen molar-refractivity contribution in [2.24, 2.45) is 5.73 Å². The quantitative estimate of drug-likeness (QED) is 0.777. The molecule has 2 N–H and O–H groups in total. The molecule has 0 aromatic heterocycles. The Hall–Kier alpha value is -0.820. The van der Waals surface area contributed by atoms with Crippen molar-refractivity contribution in [1.82, 2.24) is 0 Å². The zero-order valence-corrected chi connectivity index (χ0v) is 9.14. The Balaban J connectivity index is 2.04. The van der Waals surface area contributed by atoms with E-state index in [-0.39, 0.29) is 5.54 Å². The van der Waals surface area contributed by atoms with E-state index in [0.717, 1.165) is 12.8 Å². The summed E-state index contributed by atoms with van der Waals surface area (Å²) in [5.74, 6) is 0. The van der Waals surface area contributed by atoms with Crippen LogP contribution < -0.4 is 5.73 Å². The van der Waals surface area contributed by atoms with Crippen LogP contribution >= 0.6 is 0 Å². The third-order valence-corrected chi connectivity index (χ3v) is 3.29. The molecule has 0 bridgehead atoms. The molecule has 2 rings (SSSR count). The van der Waals surface area contributed by atoms with Crippen LogP contribution in [0.3, 0.4) is 0 Å². The number of hydrogen-bond acceptors (Lipinski definition) is 1. The molecule has 1 saturated carbocycles. The number of benzene rings is 1. The maximum Gasteiger partial charge on any atom is 0.0158 e. The molecule has 1 fully saturated rings. The van der Waals surface area contributed by atoms with Gasteiger partial charge in [-0.15, -0.1) is 0 Å². The Kier molecular flexibility index (Phi) is 2.36.